The Morgan fingerprint density at radius 2 is 1.68 bits per heavy atom. The molecule has 2 aromatic rings. The number of para-hydroxylation sites is 1. The molecule has 6 heteroatoms. The Balaban J connectivity index is 2.11. The van der Waals surface area contributed by atoms with Crippen LogP contribution >= 0.6 is 0 Å². The number of carbonyl (C=O) groups is 1. The molecule has 98 valence electrons. The second-order valence-electron chi connectivity index (χ2n) is 3.69. The minimum absolute atomic E-state index is 0.00900. The molecule has 0 aliphatic rings. The van der Waals surface area contributed by atoms with Crippen molar-refractivity contribution in [3.8, 4) is 11.5 Å². The Morgan fingerprint density at radius 3 is 2.32 bits per heavy atom. The van der Waals surface area contributed by atoms with Crippen molar-refractivity contribution >= 4 is 11.7 Å². The predicted octanol–water partition coefficient (Wildman–Crippen LogP) is 2.07. The van der Waals surface area contributed by atoms with Crippen molar-refractivity contribution in [2.24, 2.45) is 0 Å². The van der Waals surface area contributed by atoms with Gasteiger partial charge in [0.25, 0.3) is 0 Å². The first-order valence-electron chi connectivity index (χ1n) is 5.36. The summed E-state index contributed by atoms with van der Waals surface area (Å²) in [7, 11) is 0. The fourth-order valence-electron chi connectivity index (χ4n) is 1.39. The first-order chi connectivity index (χ1) is 9.08. The van der Waals surface area contributed by atoms with Crippen LogP contribution in [0.3, 0.4) is 0 Å². The number of benzene rings is 2. The van der Waals surface area contributed by atoms with Gasteiger partial charge in [0, 0.05) is 0 Å². The van der Waals surface area contributed by atoms with Gasteiger partial charge in [0.1, 0.15) is 5.69 Å². The third kappa shape index (κ3) is 2.93. The number of aromatic hydroxyl groups is 2. The number of nitrogens with zero attached hydrogens (tertiary/aromatic N) is 1. The van der Waals surface area contributed by atoms with Crippen LogP contribution in [0.4, 0.5) is 5.69 Å². The van der Waals surface area contributed by atoms with Crippen LogP contribution in [0.5, 0.6) is 11.5 Å². The van der Waals surface area contributed by atoms with E-state index in [2.05, 4.69) is 4.84 Å². The summed E-state index contributed by atoms with van der Waals surface area (Å²) < 4.78 is 0. The number of rotatable bonds is 3. The average Bonchev–Trinajstić information content (AvgIpc) is 2.42. The predicted molar refractivity (Wildman–Crippen MR) is 65.9 cm³/mol. The van der Waals surface area contributed by atoms with E-state index < -0.39 is 11.7 Å². The van der Waals surface area contributed by atoms with Crippen molar-refractivity contribution in [3.05, 3.63) is 54.1 Å². The highest BCUT2D eigenvalue weighted by Crippen LogP contribution is 2.25. The van der Waals surface area contributed by atoms with Crippen molar-refractivity contribution in [2.45, 2.75) is 0 Å². The van der Waals surface area contributed by atoms with Gasteiger partial charge in [-0.2, -0.15) is 0 Å². The van der Waals surface area contributed by atoms with Crippen LogP contribution in [0.1, 0.15) is 10.4 Å². The highest BCUT2D eigenvalue weighted by atomic mass is 16.9. The third-order valence-corrected chi connectivity index (χ3v) is 2.36. The van der Waals surface area contributed by atoms with E-state index in [1.807, 2.05) is 0 Å². The van der Waals surface area contributed by atoms with Gasteiger partial charge in [-0.1, -0.05) is 23.4 Å². The van der Waals surface area contributed by atoms with E-state index in [4.69, 9.17) is 5.11 Å². The van der Waals surface area contributed by atoms with Gasteiger partial charge in [-0.3, -0.25) is 5.21 Å². The number of phenolic OH excluding ortho intramolecular Hbond substituents is 2. The molecule has 0 heterocycles. The normalized spacial score (nSPS) is 9.95. The van der Waals surface area contributed by atoms with Gasteiger partial charge >= 0.3 is 5.97 Å². The van der Waals surface area contributed by atoms with Crippen molar-refractivity contribution in [3.63, 3.8) is 0 Å². The maximum Gasteiger partial charge on any atom is 0.366 e. The SMILES string of the molecule is O=C(ON(O)c1ccccc1)c1ccc(O)c(O)c1. The van der Waals surface area contributed by atoms with Crippen LogP contribution in [-0.2, 0) is 4.84 Å². The lowest BCUT2D eigenvalue weighted by Crippen LogP contribution is -2.23. The van der Waals surface area contributed by atoms with Gasteiger partial charge in [-0.05, 0) is 30.3 Å². The summed E-state index contributed by atoms with van der Waals surface area (Å²) in [6.07, 6.45) is 0. The standard InChI is InChI=1S/C13H11NO5/c15-11-7-6-9(8-12(11)16)13(17)19-14(18)10-4-2-1-3-5-10/h1-8,15-16,18H. The largest absolute Gasteiger partial charge is 0.504 e. The molecule has 2 rings (SSSR count). The van der Waals surface area contributed by atoms with Gasteiger partial charge in [0.05, 0.1) is 5.56 Å². The summed E-state index contributed by atoms with van der Waals surface area (Å²) in [4.78, 5) is 16.3. The highest BCUT2D eigenvalue weighted by Gasteiger charge is 2.14. The Hall–Kier alpha value is -2.73. The smallest absolute Gasteiger partial charge is 0.366 e. The number of hydrogen-bond acceptors (Lipinski definition) is 6. The summed E-state index contributed by atoms with van der Waals surface area (Å²) in [6.45, 7) is 0. The van der Waals surface area contributed by atoms with E-state index in [1.54, 1.807) is 30.3 Å². The second-order valence-corrected chi connectivity index (χ2v) is 3.69. The lowest BCUT2D eigenvalue weighted by atomic mass is 10.2. The summed E-state index contributed by atoms with van der Waals surface area (Å²) in [5.41, 5.74) is 0.268. The quantitative estimate of drug-likeness (QED) is 0.578. The van der Waals surface area contributed by atoms with E-state index in [-0.39, 0.29) is 17.0 Å². The molecule has 0 spiro atoms. The molecule has 0 amide bonds. The molecule has 0 bridgehead atoms. The fraction of sp³-hybridized carbons (Fsp3) is 0. The zero-order valence-electron chi connectivity index (χ0n) is 9.72. The molecule has 0 radical (unpaired) electrons. The molecule has 0 atom stereocenters. The van der Waals surface area contributed by atoms with Gasteiger partial charge in [0.2, 0.25) is 0 Å². The maximum atomic E-state index is 11.7. The molecular formula is C13H11NO5. The van der Waals surface area contributed by atoms with Crippen LogP contribution in [0.15, 0.2) is 48.5 Å². The lowest BCUT2D eigenvalue weighted by molar-refractivity contribution is -0.0183. The van der Waals surface area contributed by atoms with Crippen LogP contribution < -0.4 is 5.23 Å². The topological polar surface area (TPSA) is 90.2 Å². The molecular weight excluding hydrogens is 250 g/mol. The van der Waals surface area contributed by atoms with Crippen LogP contribution in [0.2, 0.25) is 0 Å². The molecule has 0 aliphatic carbocycles. The summed E-state index contributed by atoms with van der Waals surface area (Å²) in [5.74, 6) is -1.67. The zero-order valence-corrected chi connectivity index (χ0v) is 9.72. The van der Waals surface area contributed by atoms with E-state index in [9.17, 15) is 15.1 Å². The van der Waals surface area contributed by atoms with Gasteiger partial charge in [-0.15, -0.1) is 0 Å². The Bertz CT molecular complexity index is 585. The number of phenols is 2. The van der Waals surface area contributed by atoms with Crippen molar-refractivity contribution in [1.82, 2.24) is 0 Å². The van der Waals surface area contributed by atoms with Crippen molar-refractivity contribution < 1.29 is 25.1 Å². The van der Waals surface area contributed by atoms with E-state index in [1.165, 1.54) is 6.07 Å². The first kappa shape index (κ1) is 12.7. The molecule has 0 saturated carbocycles. The summed E-state index contributed by atoms with van der Waals surface area (Å²) in [6, 6.07) is 11.6. The Morgan fingerprint density at radius 1 is 1.00 bits per heavy atom. The minimum Gasteiger partial charge on any atom is -0.504 e. The molecule has 19 heavy (non-hydrogen) atoms. The molecule has 0 unspecified atom stereocenters. The highest BCUT2D eigenvalue weighted by molar-refractivity contribution is 5.90. The summed E-state index contributed by atoms with van der Waals surface area (Å²) in [5, 5.41) is 28.3. The Labute approximate surface area is 108 Å². The molecule has 6 nitrogen and oxygen atoms in total. The number of carbonyl (C=O) groups excluding carboxylic acids is 1. The van der Waals surface area contributed by atoms with Gasteiger partial charge in [0.15, 0.2) is 11.5 Å². The van der Waals surface area contributed by atoms with Crippen LogP contribution in [0.25, 0.3) is 0 Å². The zero-order chi connectivity index (χ0) is 13.8. The first-order valence-corrected chi connectivity index (χ1v) is 5.36. The fourth-order valence-corrected chi connectivity index (χ4v) is 1.39. The van der Waals surface area contributed by atoms with E-state index in [0.29, 0.717) is 5.23 Å². The van der Waals surface area contributed by atoms with Gasteiger partial charge < -0.3 is 15.1 Å². The Kier molecular flexibility index (Phi) is 3.53. The third-order valence-electron chi connectivity index (χ3n) is 2.36. The van der Waals surface area contributed by atoms with E-state index >= 15 is 0 Å². The maximum absolute atomic E-state index is 11.7. The molecule has 0 fully saturated rings. The van der Waals surface area contributed by atoms with Gasteiger partial charge in [-0.25, -0.2) is 4.79 Å². The average molecular weight is 261 g/mol. The monoisotopic (exact) mass is 261 g/mol. The number of hydrogen-bond donors (Lipinski definition) is 3. The molecule has 0 saturated heterocycles. The summed E-state index contributed by atoms with van der Waals surface area (Å²) >= 11 is 0. The molecule has 0 aromatic heterocycles. The molecule has 3 N–H and O–H groups in total. The van der Waals surface area contributed by atoms with Crippen molar-refractivity contribution in [1.29, 1.82) is 0 Å². The molecule has 0 aliphatic heterocycles. The number of anilines is 1. The molecule has 2 aromatic carbocycles. The van der Waals surface area contributed by atoms with Crippen LogP contribution in [-0.4, -0.2) is 21.4 Å². The van der Waals surface area contributed by atoms with Crippen LogP contribution in [0, 0.1) is 0 Å². The lowest BCUT2D eigenvalue weighted by Gasteiger charge is -2.15. The van der Waals surface area contributed by atoms with E-state index in [0.717, 1.165) is 12.1 Å². The van der Waals surface area contributed by atoms with Crippen molar-refractivity contribution in [2.75, 3.05) is 5.23 Å². The second kappa shape index (κ2) is 5.28. The minimum atomic E-state index is -0.873.